The molecule has 2 saturated carbocycles. The van der Waals surface area contributed by atoms with Crippen LogP contribution >= 0.6 is 0 Å². The second-order valence-corrected chi connectivity index (χ2v) is 7.25. The quantitative estimate of drug-likeness (QED) is 0.621. The van der Waals surface area contributed by atoms with E-state index in [1.807, 2.05) is 25.4 Å². The van der Waals surface area contributed by atoms with Gasteiger partial charge >= 0.3 is 0 Å². The van der Waals surface area contributed by atoms with Gasteiger partial charge in [-0.05, 0) is 62.0 Å². The molecule has 0 spiro atoms. The van der Waals surface area contributed by atoms with E-state index in [0.717, 1.165) is 49.6 Å². The van der Waals surface area contributed by atoms with Gasteiger partial charge in [0.2, 0.25) is 5.88 Å². The van der Waals surface area contributed by atoms with Crippen LogP contribution in [0.3, 0.4) is 0 Å². The largest absolute Gasteiger partial charge is 0.474 e. The van der Waals surface area contributed by atoms with Gasteiger partial charge in [-0.1, -0.05) is 6.92 Å². The van der Waals surface area contributed by atoms with Crippen molar-refractivity contribution in [3.05, 3.63) is 23.9 Å². The van der Waals surface area contributed by atoms with Crippen molar-refractivity contribution in [2.45, 2.75) is 58.1 Å². The Hall–Kier alpha value is -1.78. The first kappa shape index (κ1) is 17.1. The lowest BCUT2D eigenvalue weighted by Crippen LogP contribution is -2.37. The molecule has 24 heavy (non-hydrogen) atoms. The fraction of sp³-hybridized carbons (Fsp3) is 0.684. The minimum atomic E-state index is 0.324. The summed E-state index contributed by atoms with van der Waals surface area (Å²) in [6.07, 6.45) is 9.64. The number of rotatable bonds is 6. The molecule has 0 bridgehead atoms. The molecule has 1 heterocycles. The first-order chi connectivity index (χ1) is 11.7. The highest BCUT2D eigenvalue weighted by atomic mass is 16.5. The van der Waals surface area contributed by atoms with Gasteiger partial charge in [0.1, 0.15) is 6.10 Å². The normalized spacial score (nSPS) is 24.5. The third kappa shape index (κ3) is 5.39. The monoisotopic (exact) mass is 330 g/mol. The lowest BCUT2D eigenvalue weighted by molar-refractivity contribution is 0.130. The molecular formula is C19H30N4O. The number of guanidine groups is 1. The van der Waals surface area contributed by atoms with Crippen LogP contribution in [0.15, 0.2) is 23.3 Å². The molecule has 0 aromatic carbocycles. The number of aliphatic imine (C=N–C) groups is 1. The molecule has 2 N–H and O–H groups in total. The van der Waals surface area contributed by atoms with E-state index in [9.17, 15) is 0 Å². The third-order valence-corrected chi connectivity index (χ3v) is 4.99. The Kier molecular flexibility index (Phi) is 5.94. The van der Waals surface area contributed by atoms with E-state index in [1.54, 1.807) is 0 Å². The van der Waals surface area contributed by atoms with Crippen LogP contribution in [0.4, 0.5) is 0 Å². The van der Waals surface area contributed by atoms with Crippen molar-refractivity contribution in [1.29, 1.82) is 0 Å². The Bertz CT molecular complexity index is 548. The molecule has 2 aliphatic rings. The molecule has 1 aromatic rings. The summed E-state index contributed by atoms with van der Waals surface area (Å²) in [6.45, 7) is 4.07. The van der Waals surface area contributed by atoms with E-state index in [-0.39, 0.29) is 0 Å². The zero-order valence-corrected chi connectivity index (χ0v) is 14.9. The highest BCUT2D eigenvalue weighted by molar-refractivity contribution is 5.79. The first-order valence-corrected chi connectivity index (χ1v) is 9.29. The molecule has 1 aromatic heterocycles. The zero-order chi connectivity index (χ0) is 16.8. The van der Waals surface area contributed by atoms with Crippen molar-refractivity contribution < 1.29 is 4.74 Å². The van der Waals surface area contributed by atoms with Crippen LogP contribution < -0.4 is 15.4 Å². The van der Waals surface area contributed by atoms with Gasteiger partial charge < -0.3 is 15.4 Å². The Balaban J connectivity index is 1.47. The average molecular weight is 330 g/mol. The molecule has 5 heteroatoms. The predicted molar refractivity (Wildman–Crippen MR) is 97.2 cm³/mol. The predicted octanol–water partition coefficient (Wildman–Crippen LogP) is 3.11. The van der Waals surface area contributed by atoms with Gasteiger partial charge in [0, 0.05) is 32.4 Å². The molecule has 2 fully saturated rings. The summed E-state index contributed by atoms with van der Waals surface area (Å²) in [4.78, 5) is 8.65. The maximum atomic E-state index is 6.08. The molecule has 0 aliphatic heterocycles. The molecule has 0 unspecified atom stereocenters. The van der Waals surface area contributed by atoms with Crippen LogP contribution in [0, 0.1) is 11.8 Å². The first-order valence-electron chi connectivity index (χ1n) is 9.29. The minimum absolute atomic E-state index is 0.324. The molecule has 0 radical (unpaired) electrons. The molecule has 0 amide bonds. The number of ether oxygens (including phenoxy) is 1. The van der Waals surface area contributed by atoms with E-state index >= 15 is 0 Å². The van der Waals surface area contributed by atoms with Crippen LogP contribution in [-0.4, -0.2) is 30.6 Å². The number of hydrogen-bond acceptors (Lipinski definition) is 3. The standard InChI is InChI=1S/C19H30N4O/c1-14-3-7-17(8-4-14)24-18-11-16(9-10-21-18)13-23-19(20-2)22-12-15-5-6-15/h9-11,14-15,17H,3-8,12-13H2,1-2H3,(H2,20,22,23). The fourth-order valence-corrected chi connectivity index (χ4v) is 3.11. The molecule has 3 rings (SSSR count). The molecule has 5 nitrogen and oxygen atoms in total. The second kappa shape index (κ2) is 8.36. The summed E-state index contributed by atoms with van der Waals surface area (Å²) in [5, 5.41) is 6.74. The Morgan fingerprint density at radius 2 is 2.00 bits per heavy atom. The van der Waals surface area contributed by atoms with Crippen molar-refractivity contribution in [1.82, 2.24) is 15.6 Å². The maximum absolute atomic E-state index is 6.08. The molecule has 0 saturated heterocycles. The molecule has 2 aliphatic carbocycles. The highest BCUT2D eigenvalue weighted by Crippen LogP contribution is 2.27. The Morgan fingerprint density at radius 1 is 1.21 bits per heavy atom. The van der Waals surface area contributed by atoms with Crippen LogP contribution in [0.5, 0.6) is 5.88 Å². The van der Waals surface area contributed by atoms with Gasteiger partial charge in [-0.25, -0.2) is 4.98 Å². The fourth-order valence-electron chi connectivity index (χ4n) is 3.11. The zero-order valence-electron chi connectivity index (χ0n) is 14.9. The minimum Gasteiger partial charge on any atom is -0.474 e. The van der Waals surface area contributed by atoms with Crippen molar-refractivity contribution in [2.24, 2.45) is 16.8 Å². The van der Waals surface area contributed by atoms with Gasteiger partial charge in [-0.15, -0.1) is 0 Å². The van der Waals surface area contributed by atoms with E-state index in [2.05, 4.69) is 27.5 Å². The molecular weight excluding hydrogens is 300 g/mol. The number of nitrogens with one attached hydrogen (secondary N) is 2. The van der Waals surface area contributed by atoms with E-state index < -0.39 is 0 Å². The van der Waals surface area contributed by atoms with Crippen molar-refractivity contribution in [2.75, 3.05) is 13.6 Å². The maximum Gasteiger partial charge on any atom is 0.213 e. The number of nitrogens with zero attached hydrogens (tertiary/aromatic N) is 2. The summed E-state index contributed by atoms with van der Waals surface area (Å²) in [7, 11) is 1.81. The number of hydrogen-bond donors (Lipinski definition) is 2. The molecule has 0 atom stereocenters. The van der Waals surface area contributed by atoms with Crippen molar-refractivity contribution >= 4 is 5.96 Å². The summed E-state index contributed by atoms with van der Waals surface area (Å²) >= 11 is 0. The number of aromatic nitrogens is 1. The highest BCUT2D eigenvalue weighted by Gasteiger charge is 2.21. The van der Waals surface area contributed by atoms with Crippen LogP contribution in [-0.2, 0) is 6.54 Å². The van der Waals surface area contributed by atoms with Crippen LogP contribution in [0.1, 0.15) is 51.0 Å². The SMILES string of the molecule is CN=C(NCc1ccnc(OC2CCC(C)CC2)c1)NCC1CC1. The third-order valence-electron chi connectivity index (χ3n) is 4.99. The Morgan fingerprint density at radius 3 is 2.71 bits per heavy atom. The van der Waals surface area contributed by atoms with Gasteiger partial charge in [-0.3, -0.25) is 4.99 Å². The average Bonchev–Trinajstić information content (AvgIpc) is 3.42. The smallest absolute Gasteiger partial charge is 0.213 e. The second-order valence-electron chi connectivity index (χ2n) is 7.25. The number of pyridine rings is 1. The summed E-state index contributed by atoms with van der Waals surface area (Å²) in [5.74, 6) is 3.28. The van der Waals surface area contributed by atoms with Gasteiger partial charge in [0.05, 0.1) is 0 Å². The van der Waals surface area contributed by atoms with E-state index in [0.29, 0.717) is 6.10 Å². The summed E-state index contributed by atoms with van der Waals surface area (Å²) in [6, 6.07) is 4.07. The lowest BCUT2D eigenvalue weighted by Gasteiger charge is -2.26. The van der Waals surface area contributed by atoms with Crippen molar-refractivity contribution in [3.8, 4) is 5.88 Å². The van der Waals surface area contributed by atoms with Crippen LogP contribution in [0.25, 0.3) is 0 Å². The van der Waals surface area contributed by atoms with E-state index in [1.165, 1.54) is 31.2 Å². The summed E-state index contributed by atoms with van der Waals surface area (Å²) < 4.78 is 6.08. The summed E-state index contributed by atoms with van der Waals surface area (Å²) in [5.41, 5.74) is 1.17. The van der Waals surface area contributed by atoms with E-state index in [4.69, 9.17) is 4.74 Å². The lowest BCUT2D eigenvalue weighted by atomic mass is 9.89. The van der Waals surface area contributed by atoms with Gasteiger partial charge in [0.25, 0.3) is 0 Å². The Labute approximate surface area is 145 Å². The van der Waals surface area contributed by atoms with Crippen molar-refractivity contribution in [3.63, 3.8) is 0 Å². The van der Waals surface area contributed by atoms with Gasteiger partial charge in [-0.2, -0.15) is 0 Å². The topological polar surface area (TPSA) is 58.5 Å². The van der Waals surface area contributed by atoms with Crippen LogP contribution in [0.2, 0.25) is 0 Å². The van der Waals surface area contributed by atoms with Gasteiger partial charge in [0.15, 0.2) is 5.96 Å². The molecule has 132 valence electrons.